The average Bonchev–Trinajstić information content (AvgIpc) is 2.73. The van der Waals surface area contributed by atoms with Crippen LogP contribution in [0.25, 0.3) is 0 Å². The van der Waals surface area contributed by atoms with Crippen LogP contribution in [0.4, 0.5) is 5.82 Å². The van der Waals surface area contributed by atoms with Crippen molar-refractivity contribution in [2.45, 2.75) is 32.3 Å². The van der Waals surface area contributed by atoms with Crippen molar-refractivity contribution in [2.75, 3.05) is 18.5 Å². The monoisotopic (exact) mass is 250 g/mol. The smallest absolute Gasteiger partial charge is 0.335 e. The van der Waals surface area contributed by atoms with Crippen molar-refractivity contribution in [3.63, 3.8) is 0 Å². The number of hydrogen-bond donors (Lipinski definition) is 2. The fourth-order valence-corrected chi connectivity index (χ4v) is 2.14. The molecular formula is C13H18N2O3. The first kappa shape index (κ1) is 12.8. The van der Waals surface area contributed by atoms with Crippen LogP contribution < -0.4 is 5.32 Å². The first-order valence-electron chi connectivity index (χ1n) is 6.08. The fraction of sp³-hybridized carbons (Fsp3) is 0.538. The van der Waals surface area contributed by atoms with Gasteiger partial charge in [0.15, 0.2) is 0 Å². The molecule has 2 N–H and O–H groups in total. The van der Waals surface area contributed by atoms with Crippen LogP contribution in [0.1, 0.15) is 35.8 Å². The van der Waals surface area contributed by atoms with Gasteiger partial charge in [-0.05, 0) is 38.8 Å². The third kappa shape index (κ3) is 2.98. The summed E-state index contributed by atoms with van der Waals surface area (Å²) in [4.78, 5) is 15.2. The van der Waals surface area contributed by atoms with Gasteiger partial charge in [0.25, 0.3) is 0 Å². The van der Waals surface area contributed by atoms with Crippen LogP contribution in [0.3, 0.4) is 0 Å². The normalized spacial score (nSPS) is 23.0. The van der Waals surface area contributed by atoms with E-state index in [1.807, 2.05) is 0 Å². The van der Waals surface area contributed by atoms with Crippen LogP contribution in [-0.4, -0.2) is 34.8 Å². The number of aromatic nitrogens is 1. The largest absolute Gasteiger partial charge is 0.478 e. The number of nitrogens with one attached hydrogen (secondary N) is 1. The van der Waals surface area contributed by atoms with E-state index in [1.165, 1.54) is 0 Å². The van der Waals surface area contributed by atoms with Gasteiger partial charge >= 0.3 is 5.97 Å². The zero-order chi connectivity index (χ0) is 13.2. The lowest BCUT2D eigenvalue weighted by molar-refractivity contribution is 0.0315. The fourth-order valence-electron chi connectivity index (χ4n) is 2.14. The van der Waals surface area contributed by atoms with E-state index in [4.69, 9.17) is 9.84 Å². The highest BCUT2D eigenvalue weighted by atomic mass is 16.5. The van der Waals surface area contributed by atoms with Gasteiger partial charge in [0, 0.05) is 18.8 Å². The maximum Gasteiger partial charge on any atom is 0.335 e. The number of carboxylic acid groups (broad SMARTS) is 1. The predicted octanol–water partition coefficient (Wildman–Crippen LogP) is 2.07. The molecule has 1 atom stereocenters. The molecule has 1 aliphatic heterocycles. The van der Waals surface area contributed by atoms with E-state index in [9.17, 15) is 4.79 Å². The Morgan fingerprint density at radius 1 is 1.61 bits per heavy atom. The molecule has 1 aromatic heterocycles. The van der Waals surface area contributed by atoms with Crippen molar-refractivity contribution in [3.05, 3.63) is 23.4 Å². The molecule has 1 aliphatic rings. The summed E-state index contributed by atoms with van der Waals surface area (Å²) in [6, 6.07) is 3.11. The zero-order valence-electron chi connectivity index (χ0n) is 10.7. The second-order valence-corrected chi connectivity index (χ2v) is 4.94. The Hall–Kier alpha value is -1.62. The van der Waals surface area contributed by atoms with Gasteiger partial charge in [0.2, 0.25) is 0 Å². The second-order valence-electron chi connectivity index (χ2n) is 4.94. The molecule has 98 valence electrons. The summed E-state index contributed by atoms with van der Waals surface area (Å²) in [5, 5.41) is 12.1. The van der Waals surface area contributed by atoms with E-state index in [0.29, 0.717) is 18.1 Å². The average molecular weight is 250 g/mol. The Morgan fingerprint density at radius 3 is 3.00 bits per heavy atom. The molecule has 2 heterocycles. The van der Waals surface area contributed by atoms with Crippen molar-refractivity contribution in [1.82, 2.24) is 4.98 Å². The zero-order valence-corrected chi connectivity index (χ0v) is 10.7. The number of aryl methyl sites for hydroxylation is 1. The minimum absolute atomic E-state index is 0.172. The quantitative estimate of drug-likeness (QED) is 0.856. The first-order valence-corrected chi connectivity index (χ1v) is 6.08. The third-order valence-electron chi connectivity index (χ3n) is 3.14. The Bertz CT molecular complexity index is 454. The van der Waals surface area contributed by atoms with E-state index in [-0.39, 0.29) is 11.2 Å². The maximum atomic E-state index is 10.9. The summed E-state index contributed by atoms with van der Waals surface area (Å²) in [5.41, 5.74) is 0.770. The lowest BCUT2D eigenvalue weighted by Crippen LogP contribution is -2.32. The minimum Gasteiger partial charge on any atom is -0.478 e. The molecule has 18 heavy (non-hydrogen) atoms. The van der Waals surface area contributed by atoms with E-state index in [2.05, 4.69) is 17.2 Å². The molecule has 2 rings (SSSR count). The Labute approximate surface area is 106 Å². The molecule has 0 aliphatic carbocycles. The summed E-state index contributed by atoms with van der Waals surface area (Å²) in [6.07, 6.45) is 2.08. The summed E-state index contributed by atoms with van der Waals surface area (Å²) in [7, 11) is 0. The number of aromatic carboxylic acids is 1. The number of anilines is 1. The molecule has 0 radical (unpaired) electrons. The summed E-state index contributed by atoms with van der Waals surface area (Å²) >= 11 is 0. The number of ether oxygens (including phenoxy) is 1. The summed E-state index contributed by atoms with van der Waals surface area (Å²) in [5.74, 6) is -0.351. The van der Waals surface area contributed by atoms with Crippen LogP contribution in [0.15, 0.2) is 12.1 Å². The molecule has 1 unspecified atom stereocenters. The van der Waals surface area contributed by atoms with Gasteiger partial charge in [0.05, 0.1) is 11.2 Å². The molecule has 0 saturated carbocycles. The lowest BCUT2D eigenvalue weighted by atomic mass is 10.0. The number of pyridine rings is 1. The Morgan fingerprint density at radius 2 is 2.39 bits per heavy atom. The molecule has 5 nitrogen and oxygen atoms in total. The topological polar surface area (TPSA) is 71.5 Å². The Balaban J connectivity index is 2.07. The van der Waals surface area contributed by atoms with Gasteiger partial charge < -0.3 is 15.2 Å². The predicted molar refractivity (Wildman–Crippen MR) is 68.0 cm³/mol. The summed E-state index contributed by atoms with van der Waals surface area (Å²) in [6.45, 7) is 5.27. The SMILES string of the molecule is Cc1cc(C(=O)O)cc(NCC2(C)CCCO2)n1. The molecule has 0 amide bonds. The Kier molecular flexibility index (Phi) is 3.52. The van der Waals surface area contributed by atoms with Crippen molar-refractivity contribution in [3.8, 4) is 0 Å². The summed E-state index contributed by atoms with van der Waals surface area (Å²) < 4.78 is 5.66. The van der Waals surface area contributed by atoms with Crippen LogP contribution >= 0.6 is 0 Å². The molecule has 1 fully saturated rings. The molecule has 5 heteroatoms. The van der Waals surface area contributed by atoms with Gasteiger partial charge in [-0.3, -0.25) is 0 Å². The second kappa shape index (κ2) is 4.94. The van der Waals surface area contributed by atoms with E-state index >= 15 is 0 Å². The number of nitrogens with zero attached hydrogens (tertiary/aromatic N) is 1. The van der Waals surface area contributed by atoms with Crippen molar-refractivity contribution < 1.29 is 14.6 Å². The number of carbonyl (C=O) groups is 1. The van der Waals surface area contributed by atoms with Crippen molar-refractivity contribution in [1.29, 1.82) is 0 Å². The highest BCUT2D eigenvalue weighted by molar-refractivity contribution is 5.88. The molecule has 1 saturated heterocycles. The molecule has 0 bridgehead atoms. The van der Waals surface area contributed by atoms with Gasteiger partial charge in [-0.25, -0.2) is 9.78 Å². The van der Waals surface area contributed by atoms with Crippen LogP contribution in [0.2, 0.25) is 0 Å². The minimum atomic E-state index is -0.938. The van der Waals surface area contributed by atoms with Gasteiger partial charge in [-0.15, -0.1) is 0 Å². The highest BCUT2D eigenvalue weighted by Crippen LogP contribution is 2.25. The van der Waals surface area contributed by atoms with Crippen LogP contribution in [-0.2, 0) is 4.74 Å². The van der Waals surface area contributed by atoms with E-state index in [1.54, 1.807) is 19.1 Å². The maximum absolute atomic E-state index is 10.9. The van der Waals surface area contributed by atoms with Crippen LogP contribution in [0.5, 0.6) is 0 Å². The molecule has 0 spiro atoms. The number of carboxylic acids is 1. The molecule has 0 aromatic carbocycles. The number of rotatable bonds is 4. The van der Waals surface area contributed by atoms with Gasteiger partial charge in [-0.1, -0.05) is 0 Å². The van der Waals surface area contributed by atoms with Crippen molar-refractivity contribution >= 4 is 11.8 Å². The van der Waals surface area contributed by atoms with Gasteiger partial charge in [-0.2, -0.15) is 0 Å². The van der Waals surface area contributed by atoms with E-state index in [0.717, 1.165) is 19.4 Å². The standard InChI is InChI=1S/C13H18N2O3/c1-9-6-10(12(16)17)7-11(15-9)14-8-13(2)4-3-5-18-13/h6-7H,3-5,8H2,1-2H3,(H,14,15)(H,16,17). The molecule has 1 aromatic rings. The van der Waals surface area contributed by atoms with Crippen LogP contribution in [0, 0.1) is 6.92 Å². The van der Waals surface area contributed by atoms with Gasteiger partial charge in [0.1, 0.15) is 5.82 Å². The number of hydrogen-bond acceptors (Lipinski definition) is 4. The molecular weight excluding hydrogens is 232 g/mol. The third-order valence-corrected chi connectivity index (χ3v) is 3.14. The van der Waals surface area contributed by atoms with E-state index < -0.39 is 5.97 Å². The lowest BCUT2D eigenvalue weighted by Gasteiger charge is -2.23. The van der Waals surface area contributed by atoms with Crippen molar-refractivity contribution in [2.24, 2.45) is 0 Å². The highest BCUT2D eigenvalue weighted by Gasteiger charge is 2.29. The first-order chi connectivity index (χ1) is 8.48.